The highest BCUT2D eigenvalue weighted by Gasteiger charge is 2.18. The molecule has 0 N–H and O–H groups in total. The minimum atomic E-state index is -0.278. The first-order chi connectivity index (χ1) is 11.0. The topological polar surface area (TPSA) is 60.7 Å². The zero-order chi connectivity index (χ0) is 16.4. The van der Waals surface area contributed by atoms with Crippen LogP contribution in [-0.2, 0) is 6.54 Å². The summed E-state index contributed by atoms with van der Waals surface area (Å²) in [6.07, 6.45) is 2.71. The molecule has 0 saturated heterocycles. The number of carbonyl (C=O) groups is 1. The first kappa shape index (κ1) is 16.1. The summed E-state index contributed by atoms with van der Waals surface area (Å²) in [6.45, 7) is 2.52. The lowest BCUT2D eigenvalue weighted by atomic mass is 10.1. The lowest BCUT2D eigenvalue weighted by Crippen LogP contribution is -2.08. The molecule has 1 aromatic carbocycles. The maximum atomic E-state index is 12.5. The number of hydrogen-bond donors (Lipinski definition) is 0. The molecule has 0 radical (unpaired) electrons. The molecule has 0 atom stereocenters. The molecule has 0 unspecified atom stereocenters. The van der Waals surface area contributed by atoms with Crippen LogP contribution in [0, 0.1) is 10.5 Å². The van der Waals surface area contributed by atoms with Crippen LogP contribution in [0.2, 0.25) is 5.15 Å². The van der Waals surface area contributed by atoms with E-state index < -0.39 is 0 Å². The first-order valence-corrected chi connectivity index (χ1v) is 8.29. The third-order valence-electron chi connectivity index (χ3n) is 3.34. The van der Waals surface area contributed by atoms with Gasteiger partial charge in [-0.3, -0.25) is 9.48 Å². The van der Waals surface area contributed by atoms with Crippen LogP contribution in [0.5, 0.6) is 0 Å². The minimum absolute atomic E-state index is 0.134. The summed E-state index contributed by atoms with van der Waals surface area (Å²) in [5.74, 6) is -0.278. The zero-order valence-electron chi connectivity index (χ0n) is 12.2. The molecule has 23 heavy (non-hydrogen) atoms. The van der Waals surface area contributed by atoms with Gasteiger partial charge in [-0.2, -0.15) is 5.10 Å². The Labute approximate surface area is 151 Å². The second kappa shape index (κ2) is 6.76. The summed E-state index contributed by atoms with van der Waals surface area (Å²) in [5.41, 5.74) is 2.63. The van der Waals surface area contributed by atoms with Crippen molar-refractivity contribution in [3.05, 3.63) is 74.1 Å². The van der Waals surface area contributed by atoms with E-state index in [1.54, 1.807) is 10.7 Å². The van der Waals surface area contributed by atoms with E-state index in [2.05, 4.69) is 43.7 Å². The molecule has 0 bridgehead atoms. The number of hydrogen-bond acceptors (Lipinski definition) is 4. The van der Waals surface area contributed by atoms with Crippen molar-refractivity contribution in [3.63, 3.8) is 0 Å². The fourth-order valence-corrected chi connectivity index (χ4v) is 2.98. The maximum absolute atomic E-state index is 12.5. The van der Waals surface area contributed by atoms with Gasteiger partial charge in [0.05, 0.1) is 12.1 Å². The predicted molar refractivity (Wildman–Crippen MR) is 95.7 cm³/mol. The van der Waals surface area contributed by atoms with Crippen molar-refractivity contribution < 1.29 is 4.79 Å². The van der Waals surface area contributed by atoms with Gasteiger partial charge < -0.3 is 0 Å². The van der Waals surface area contributed by atoms with E-state index in [9.17, 15) is 4.79 Å². The molecular weight excluding hydrogens is 427 g/mol. The first-order valence-electron chi connectivity index (χ1n) is 6.83. The standard InChI is InChI=1S/C16H12ClIN4O/c1-10-5-14(15(23)13-7-19-9-20-16(13)17)21-22(10)8-11-3-2-4-12(18)6-11/h2-7,9H,8H2,1H3. The van der Waals surface area contributed by atoms with Crippen LogP contribution in [0.15, 0.2) is 42.9 Å². The molecule has 0 amide bonds. The van der Waals surface area contributed by atoms with Gasteiger partial charge in [-0.15, -0.1) is 0 Å². The Morgan fingerprint density at radius 3 is 2.91 bits per heavy atom. The molecular formula is C16H12ClIN4O. The van der Waals surface area contributed by atoms with Gasteiger partial charge >= 0.3 is 0 Å². The minimum Gasteiger partial charge on any atom is -0.287 e. The van der Waals surface area contributed by atoms with E-state index in [1.807, 2.05) is 25.1 Å². The maximum Gasteiger partial charge on any atom is 0.217 e. The monoisotopic (exact) mass is 438 g/mol. The second-order valence-electron chi connectivity index (χ2n) is 5.01. The molecule has 2 aromatic heterocycles. The van der Waals surface area contributed by atoms with Crippen LogP contribution in [0.4, 0.5) is 0 Å². The summed E-state index contributed by atoms with van der Waals surface area (Å²) in [4.78, 5) is 20.2. The summed E-state index contributed by atoms with van der Waals surface area (Å²) in [6, 6.07) is 9.91. The van der Waals surface area contributed by atoms with E-state index in [0.29, 0.717) is 12.2 Å². The normalized spacial score (nSPS) is 10.7. The fourth-order valence-electron chi connectivity index (χ4n) is 2.19. The Bertz CT molecular complexity index is 878. The second-order valence-corrected chi connectivity index (χ2v) is 6.62. The van der Waals surface area contributed by atoms with Gasteiger partial charge in [-0.05, 0) is 53.3 Å². The van der Waals surface area contributed by atoms with Gasteiger partial charge in [0, 0.05) is 15.5 Å². The number of carbonyl (C=O) groups excluding carboxylic acids is 1. The number of aryl methyl sites for hydroxylation is 1. The predicted octanol–water partition coefficient (Wildman–Crippen LogP) is 3.52. The molecule has 5 nitrogen and oxygen atoms in total. The lowest BCUT2D eigenvalue weighted by Gasteiger charge is -2.05. The van der Waals surface area contributed by atoms with Gasteiger partial charge in [0.2, 0.25) is 5.78 Å². The average molecular weight is 439 g/mol. The molecule has 116 valence electrons. The van der Waals surface area contributed by atoms with E-state index in [4.69, 9.17) is 11.6 Å². The van der Waals surface area contributed by atoms with Crippen molar-refractivity contribution in [2.45, 2.75) is 13.5 Å². The Kier molecular flexibility index (Phi) is 4.72. The Balaban J connectivity index is 1.89. The summed E-state index contributed by atoms with van der Waals surface area (Å²) >= 11 is 8.23. The number of ketones is 1. The van der Waals surface area contributed by atoms with E-state index in [1.165, 1.54) is 12.5 Å². The Morgan fingerprint density at radius 1 is 1.35 bits per heavy atom. The number of nitrogens with zero attached hydrogens (tertiary/aromatic N) is 4. The molecule has 3 rings (SSSR count). The van der Waals surface area contributed by atoms with Gasteiger partial charge in [-0.25, -0.2) is 9.97 Å². The molecule has 7 heteroatoms. The lowest BCUT2D eigenvalue weighted by molar-refractivity contribution is 0.103. The highest BCUT2D eigenvalue weighted by atomic mass is 127. The third-order valence-corrected chi connectivity index (χ3v) is 4.32. The fraction of sp³-hybridized carbons (Fsp3) is 0.125. The van der Waals surface area contributed by atoms with Crippen molar-refractivity contribution in [1.29, 1.82) is 0 Å². The molecule has 0 saturated carbocycles. The van der Waals surface area contributed by atoms with Crippen LogP contribution in [0.1, 0.15) is 27.3 Å². The Hall–Kier alpha value is -1.80. The SMILES string of the molecule is Cc1cc(C(=O)c2cncnc2Cl)nn1Cc1cccc(I)c1. The van der Waals surface area contributed by atoms with Crippen molar-refractivity contribution in [1.82, 2.24) is 19.7 Å². The highest BCUT2D eigenvalue weighted by Crippen LogP contribution is 2.17. The van der Waals surface area contributed by atoms with E-state index >= 15 is 0 Å². The molecule has 0 aliphatic heterocycles. The van der Waals surface area contributed by atoms with Crippen molar-refractivity contribution in [2.24, 2.45) is 0 Å². The smallest absolute Gasteiger partial charge is 0.217 e. The number of benzene rings is 1. The molecule has 0 aliphatic carbocycles. The third kappa shape index (κ3) is 3.59. The average Bonchev–Trinajstić information content (AvgIpc) is 2.88. The van der Waals surface area contributed by atoms with E-state index in [0.717, 1.165) is 14.8 Å². The highest BCUT2D eigenvalue weighted by molar-refractivity contribution is 14.1. The number of aromatic nitrogens is 4. The summed E-state index contributed by atoms with van der Waals surface area (Å²) in [5, 5.41) is 4.54. The quantitative estimate of drug-likeness (QED) is 0.355. The number of halogens is 2. The van der Waals surface area contributed by atoms with Gasteiger partial charge in [0.15, 0.2) is 0 Å². The summed E-state index contributed by atoms with van der Waals surface area (Å²) < 4.78 is 2.96. The van der Waals surface area contributed by atoms with Crippen LogP contribution in [0.3, 0.4) is 0 Å². The molecule has 0 fully saturated rings. The van der Waals surface area contributed by atoms with Crippen LogP contribution >= 0.6 is 34.2 Å². The molecule has 0 spiro atoms. The molecule has 0 aliphatic rings. The van der Waals surface area contributed by atoms with Gasteiger partial charge in [0.1, 0.15) is 17.2 Å². The molecule has 2 heterocycles. The number of rotatable bonds is 4. The zero-order valence-corrected chi connectivity index (χ0v) is 15.1. The van der Waals surface area contributed by atoms with Crippen molar-refractivity contribution >= 4 is 40.0 Å². The van der Waals surface area contributed by atoms with Crippen molar-refractivity contribution in [3.8, 4) is 0 Å². The van der Waals surface area contributed by atoms with Gasteiger partial charge in [0.25, 0.3) is 0 Å². The van der Waals surface area contributed by atoms with Crippen LogP contribution in [-0.4, -0.2) is 25.5 Å². The van der Waals surface area contributed by atoms with Gasteiger partial charge in [-0.1, -0.05) is 23.7 Å². The van der Waals surface area contributed by atoms with E-state index in [-0.39, 0.29) is 16.5 Å². The molecule has 3 aromatic rings. The van der Waals surface area contributed by atoms with Crippen LogP contribution < -0.4 is 0 Å². The largest absolute Gasteiger partial charge is 0.287 e. The van der Waals surface area contributed by atoms with Crippen LogP contribution in [0.25, 0.3) is 0 Å². The Morgan fingerprint density at radius 2 is 2.17 bits per heavy atom. The summed E-state index contributed by atoms with van der Waals surface area (Å²) in [7, 11) is 0. The van der Waals surface area contributed by atoms with Crippen molar-refractivity contribution in [2.75, 3.05) is 0 Å².